The second-order valence-corrected chi connectivity index (χ2v) is 4.79. The Kier molecular flexibility index (Phi) is 2.08. The summed E-state index contributed by atoms with van der Waals surface area (Å²) in [5, 5.41) is 1.21. The standard InChI is InChI=1S/C13H12ClNO/c1-7-5-6-9(14)11-12(7)15-10-4-2-3-8(10)13(11)16/h5-6H,2-4H2,1H3,(H,15,16). The number of halogens is 1. The van der Waals surface area contributed by atoms with E-state index in [0.29, 0.717) is 10.4 Å². The molecule has 3 rings (SSSR count). The molecule has 0 amide bonds. The zero-order valence-electron chi connectivity index (χ0n) is 9.06. The van der Waals surface area contributed by atoms with Gasteiger partial charge in [-0.3, -0.25) is 4.79 Å². The van der Waals surface area contributed by atoms with Crippen molar-refractivity contribution in [1.29, 1.82) is 0 Å². The minimum Gasteiger partial charge on any atom is -0.358 e. The van der Waals surface area contributed by atoms with E-state index in [1.807, 2.05) is 13.0 Å². The second-order valence-electron chi connectivity index (χ2n) is 4.38. The first-order valence-electron chi connectivity index (χ1n) is 5.51. The van der Waals surface area contributed by atoms with E-state index in [4.69, 9.17) is 11.6 Å². The van der Waals surface area contributed by atoms with Gasteiger partial charge in [-0.15, -0.1) is 0 Å². The molecule has 1 N–H and O–H groups in total. The quantitative estimate of drug-likeness (QED) is 0.746. The van der Waals surface area contributed by atoms with Crippen LogP contribution < -0.4 is 5.43 Å². The molecule has 1 aliphatic rings. The molecule has 0 bridgehead atoms. The Bertz CT molecular complexity index is 642. The van der Waals surface area contributed by atoms with Crippen LogP contribution in [0.25, 0.3) is 10.9 Å². The minimum absolute atomic E-state index is 0.120. The third kappa shape index (κ3) is 1.23. The lowest BCUT2D eigenvalue weighted by Gasteiger charge is -2.07. The molecule has 0 fully saturated rings. The van der Waals surface area contributed by atoms with Crippen LogP contribution in [0.15, 0.2) is 16.9 Å². The summed E-state index contributed by atoms with van der Waals surface area (Å²) in [5.41, 5.74) is 4.13. The second kappa shape index (κ2) is 3.36. The summed E-state index contributed by atoms with van der Waals surface area (Å²) < 4.78 is 0. The minimum atomic E-state index is 0.120. The Balaban J connectivity index is 2.56. The Morgan fingerprint density at radius 2 is 2.12 bits per heavy atom. The van der Waals surface area contributed by atoms with Crippen LogP contribution in [0.2, 0.25) is 5.02 Å². The van der Waals surface area contributed by atoms with Gasteiger partial charge < -0.3 is 4.98 Å². The van der Waals surface area contributed by atoms with Crippen LogP contribution in [-0.2, 0) is 12.8 Å². The SMILES string of the molecule is Cc1ccc(Cl)c2c(=O)c3c([nH]c12)CCC3. The van der Waals surface area contributed by atoms with Crippen LogP contribution in [0.5, 0.6) is 0 Å². The van der Waals surface area contributed by atoms with Gasteiger partial charge in [-0.25, -0.2) is 0 Å². The van der Waals surface area contributed by atoms with Crippen molar-refractivity contribution < 1.29 is 0 Å². The van der Waals surface area contributed by atoms with Crippen LogP contribution >= 0.6 is 11.6 Å². The molecule has 1 aliphatic carbocycles. The van der Waals surface area contributed by atoms with Crippen molar-refractivity contribution >= 4 is 22.5 Å². The van der Waals surface area contributed by atoms with Crippen molar-refractivity contribution in [2.24, 2.45) is 0 Å². The number of hydrogen-bond donors (Lipinski definition) is 1. The summed E-state index contributed by atoms with van der Waals surface area (Å²) in [5.74, 6) is 0. The molecule has 1 aromatic carbocycles. The predicted molar refractivity (Wildman–Crippen MR) is 66.3 cm³/mol. The lowest BCUT2D eigenvalue weighted by molar-refractivity contribution is 0.900. The lowest BCUT2D eigenvalue weighted by atomic mass is 10.1. The van der Waals surface area contributed by atoms with Crippen LogP contribution in [0.4, 0.5) is 0 Å². The first kappa shape index (κ1) is 9.91. The summed E-state index contributed by atoms with van der Waals surface area (Å²) >= 11 is 6.12. The van der Waals surface area contributed by atoms with E-state index in [1.165, 1.54) is 0 Å². The van der Waals surface area contributed by atoms with Gasteiger partial charge in [0.15, 0.2) is 5.43 Å². The summed E-state index contributed by atoms with van der Waals surface area (Å²) in [7, 11) is 0. The smallest absolute Gasteiger partial charge is 0.194 e. The van der Waals surface area contributed by atoms with Crippen molar-refractivity contribution in [2.75, 3.05) is 0 Å². The van der Waals surface area contributed by atoms with Gasteiger partial charge in [0.05, 0.1) is 15.9 Å². The molecule has 0 saturated heterocycles. The molecule has 2 aromatic rings. The van der Waals surface area contributed by atoms with E-state index in [2.05, 4.69) is 4.98 Å². The molecule has 2 nitrogen and oxygen atoms in total. The number of fused-ring (bicyclic) bond motifs is 2. The van der Waals surface area contributed by atoms with E-state index < -0.39 is 0 Å². The van der Waals surface area contributed by atoms with Gasteiger partial charge in [0.2, 0.25) is 0 Å². The number of aromatic amines is 1. The molecule has 82 valence electrons. The number of rotatable bonds is 0. The summed E-state index contributed by atoms with van der Waals surface area (Å²) in [6.45, 7) is 2.00. The maximum atomic E-state index is 12.3. The van der Waals surface area contributed by atoms with Crippen molar-refractivity contribution in [3.8, 4) is 0 Å². The molecule has 16 heavy (non-hydrogen) atoms. The lowest BCUT2D eigenvalue weighted by Crippen LogP contribution is -2.11. The van der Waals surface area contributed by atoms with Gasteiger partial charge in [0, 0.05) is 11.3 Å². The Hall–Kier alpha value is -1.28. The topological polar surface area (TPSA) is 32.9 Å². The number of benzene rings is 1. The summed E-state index contributed by atoms with van der Waals surface area (Å²) in [4.78, 5) is 15.7. The number of H-pyrrole nitrogens is 1. The molecule has 0 saturated carbocycles. The molecule has 0 spiro atoms. The van der Waals surface area contributed by atoms with Crippen molar-refractivity contribution in [2.45, 2.75) is 26.2 Å². The van der Waals surface area contributed by atoms with Crippen LogP contribution in [0, 0.1) is 6.92 Å². The van der Waals surface area contributed by atoms with E-state index in [0.717, 1.165) is 41.6 Å². The van der Waals surface area contributed by atoms with E-state index in [-0.39, 0.29) is 5.43 Å². The molecule has 3 heteroatoms. The van der Waals surface area contributed by atoms with Gasteiger partial charge in [0.25, 0.3) is 0 Å². The Morgan fingerprint density at radius 3 is 2.94 bits per heavy atom. The van der Waals surface area contributed by atoms with Crippen LogP contribution in [0.3, 0.4) is 0 Å². The first-order valence-corrected chi connectivity index (χ1v) is 5.89. The Labute approximate surface area is 98.3 Å². The normalized spacial score (nSPS) is 14.4. The average Bonchev–Trinajstić information content (AvgIpc) is 2.72. The predicted octanol–water partition coefficient (Wildman–Crippen LogP) is 2.98. The molecular formula is C13H12ClNO. The third-order valence-corrected chi connectivity index (χ3v) is 3.67. The molecule has 1 aromatic heterocycles. The largest absolute Gasteiger partial charge is 0.358 e. The fourth-order valence-electron chi connectivity index (χ4n) is 2.50. The fourth-order valence-corrected chi connectivity index (χ4v) is 2.74. The fraction of sp³-hybridized carbons (Fsp3) is 0.308. The van der Waals surface area contributed by atoms with Crippen molar-refractivity contribution in [3.05, 3.63) is 44.2 Å². The Morgan fingerprint density at radius 1 is 1.31 bits per heavy atom. The molecule has 0 radical (unpaired) electrons. The summed E-state index contributed by atoms with van der Waals surface area (Å²) in [6.07, 6.45) is 2.92. The van der Waals surface area contributed by atoms with Gasteiger partial charge in [-0.05, 0) is 37.8 Å². The molecule has 1 heterocycles. The number of pyridine rings is 1. The highest BCUT2D eigenvalue weighted by Gasteiger charge is 2.18. The molecule has 0 unspecified atom stereocenters. The maximum Gasteiger partial charge on any atom is 0.194 e. The summed E-state index contributed by atoms with van der Waals surface area (Å²) in [6, 6.07) is 3.75. The maximum absolute atomic E-state index is 12.3. The van der Waals surface area contributed by atoms with Gasteiger partial charge >= 0.3 is 0 Å². The molecule has 0 aliphatic heterocycles. The van der Waals surface area contributed by atoms with Crippen molar-refractivity contribution in [3.63, 3.8) is 0 Å². The highest BCUT2D eigenvalue weighted by molar-refractivity contribution is 6.35. The number of nitrogens with one attached hydrogen (secondary N) is 1. The number of aromatic nitrogens is 1. The number of hydrogen-bond acceptors (Lipinski definition) is 1. The van der Waals surface area contributed by atoms with E-state index in [9.17, 15) is 4.79 Å². The number of aryl methyl sites for hydroxylation is 2. The van der Waals surface area contributed by atoms with Gasteiger partial charge in [-0.1, -0.05) is 17.7 Å². The van der Waals surface area contributed by atoms with Gasteiger partial charge in [-0.2, -0.15) is 0 Å². The van der Waals surface area contributed by atoms with E-state index >= 15 is 0 Å². The first-order chi connectivity index (χ1) is 7.68. The van der Waals surface area contributed by atoms with Gasteiger partial charge in [0.1, 0.15) is 0 Å². The zero-order valence-corrected chi connectivity index (χ0v) is 9.82. The van der Waals surface area contributed by atoms with Crippen LogP contribution in [0.1, 0.15) is 23.2 Å². The molecule has 0 atom stereocenters. The molecular weight excluding hydrogens is 222 g/mol. The van der Waals surface area contributed by atoms with E-state index in [1.54, 1.807) is 6.07 Å². The highest BCUT2D eigenvalue weighted by atomic mass is 35.5. The van der Waals surface area contributed by atoms with Crippen molar-refractivity contribution in [1.82, 2.24) is 4.98 Å². The monoisotopic (exact) mass is 233 g/mol. The third-order valence-electron chi connectivity index (χ3n) is 3.36. The van der Waals surface area contributed by atoms with Crippen LogP contribution in [-0.4, -0.2) is 4.98 Å². The zero-order chi connectivity index (χ0) is 11.3. The average molecular weight is 234 g/mol. The highest BCUT2D eigenvalue weighted by Crippen LogP contribution is 2.26.